The summed E-state index contributed by atoms with van der Waals surface area (Å²) in [6.45, 7) is 5.43. The Morgan fingerprint density at radius 2 is 1.52 bits per heavy atom. The second-order valence-electron chi connectivity index (χ2n) is 6.98. The Kier molecular flexibility index (Phi) is 6.34. The van der Waals surface area contributed by atoms with Gasteiger partial charge < -0.3 is 5.32 Å². The lowest BCUT2D eigenvalue weighted by Crippen LogP contribution is -2.49. The molecule has 0 aliphatic rings. The number of rotatable bonds is 7. The maximum absolute atomic E-state index is 13.1. The van der Waals surface area contributed by atoms with Crippen LogP contribution in [0.1, 0.15) is 37.9 Å². The van der Waals surface area contributed by atoms with Gasteiger partial charge in [-0.3, -0.25) is 0 Å². The molecule has 0 aliphatic carbocycles. The number of sulfonamides is 1. The highest BCUT2D eigenvalue weighted by Gasteiger charge is 2.37. The molecule has 0 aromatic heterocycles. The molecule has 0 radical (unpaired) electrons. The summed E-state index contributed by atoms with van der Waals surface area (Å²) in [5.41, 5.74) is -0.841. The second kappa shape index (κ2) is 8.00. The Balaban J connectivity index is 2.13. The van der Waals surface area contributed by atoms with Crippen molar-refractivity contribution in [2.24, 2.45) is 0 Å². The van der Waals surface area contributed by atoms with Gasteiger partial charge >= 0.3 is 6.18 Å². The van der Waals surface area contributed by atoms with Gasteiger partial charge in [0.2, 0.25) is 10.0 Å². The van der Waals surface area contributed by atoms with E-state index < -0.39 is 32.2 Å². The third kappa shape index (κ3) is 5.79. The molecule has 0 saturated heterocycles. The molecule has 27 heavy (non-hydrogen) atoms. The Labute approximate surface area is 157 Å². The molecule has 1 unspecified atom stereocenters. The fraction of sp³-hybridized carbons (Fsp3) is 0.368. The molecule has 0 heterocycles. The van der Waals surface area contributed by atoms with Crippen LogP contribution in [0.2, 0.25) is 0 Å². The summed E-state index contributed by atoms with van der Waals surface area (Å²) in [5, 5.41) is 3.29. The fourth-order valence-corrected chi connectivity index (χ4v) is 4.19. The monoisotopic (exact) mass is 400 g/mol. The molecule has 0 spiro atoms. The van der Waals surface area contributed by atoms with Crippen LogP contribution in [0.4, 0.5) is 13.2 Å². The van der Waals surface area contributed by atoms with E-state index in [2.05, 4.69) is 10.0 Å². The molecule has 0 fully saturated rings. The highest BCUT2D eigenvalue weighted by Crippen LogP contribution is 2.33. The first-order valence-corrected chi connectivity index (χ1v) is 9.89. The summed E-state index contributed by atoms with van der Waals surface area (Å²) < 4.78 is 66.5. The van der Waals surface area contributed by atoms with E-state index in [-0.39, 0.29) is 12.6 Å². The number of benzene rings is 2. The quantitative estimate of drug-likeness (QED) is 0.735. The highest BCUT2D eigenvalue weighted by molar-refractivity contribution is 7.89. The van der Waals surface area contributed by atoms with E-state index in [9.17, 15) is 21.6 Å². The van der Waals surface area contributed by atoms with E-state index in [0.29, 0.717) is 0 Å². The van der Waals surface area contributed by atoms with Crippen molar-refractivity contribution in [1.82, 2.24) is 10.0 Å². The Morgan fingerprint density at radius 1 is 0.963 bits per heavy atom. The lowest BCUT2D eigenvalue weighted by Gasteiger charge is -2.31. The smallest absolute Gasteiger partial charge is 0.304 e. The van der Waals surface area contributed by atoms with Crippen LogP contribution in [-0.2, 0) is 16.2 Å². The van der Waals surface area contributed by atoms with Crippen LogP contribution in [0.5, 0.6) is 0 Å². The van der Waals surface area contributed by atoms with Crippen LogP contribution >= 0.6 is 0 Å². The number of hydrogen-bond donors (Lipinski definition) is 2. The zero-order chi connectivity index (χ0) is 20.3. The van der Waals surface area contributed by atoms with Crippen molar-refractivity contribution < 1.29 is 21.6 Å². The van der Waals surface area contributed by atoms with Gasteiger partial charge in [0.1, 0.15) is 0 Å². The van der Waals surface area contributed by atoms with E-state index >= 15 is 0 Å². The van der Waals surface area contributed by atoms with Crippen LogP contribution in [-0.4, -0.2) is 20.5 Å². The first-order chi connectivity index (χ1) is 12.4. The van der Waals surface area contributed by atoms with Crippen molar-refractivity contribution in [3.8, 4) is 0 Å². The summed E-state index contributed by atoms with van der Waals surface area (Å²) in [6.07, 6.45) is -4.75. The third-order valence-electron chi connectivity index (χ3n) is 4.09. The average molecular weight is 400 g/mol. The molecule has 2 rings (SSSR count). The van der Waals surface area contributed by atoms with Gasteiger partial charge in [-0.15, -0.1) is 0 Å². The molecule has 0 aliphatic heterocycles. The lowest BCUT2D eigenvalue weighted by molar-refractivity contribution is -0.139. The van der Waals surface area contributed by atoms with Crippen molar-refractivity contribution in [3.05, 3.63) is 65.7 Å². The minimum absolute atomic E-state index is 0.0619. The third-order valence-corrected chi connectivity index (χ3v) is 5.55. The van der Waals surface area contributed by atoms with Gasteiger partial charge in [-0.05, 0) is 38.5 Å². The number of nitrogens with one attached hydrogen (secondary N) is 2. The van der Waals surface area contributed by atoms with Crippen molar-refractivity contribution in [2.75, 3.05) is 6.54 Å². The second-order valence-corrected chi connectivity index (χ2v) is 8.71. The van der Waals surface area contributed by atoms with Crippen LogP contribution in [0.15, 0.2) is 59.5 Å². The first-order valence-electron chi connectivity index (χ1n) is 8.41. The van der Waals surface area contributed by atoms with E-state index in [1.807, 2.05) is 37.3 Å². The van der Waals surface area contributed by atoms with Gasteiger partial charge in [0.15, 0.2) is 0 Å². The largest absolute Gasteiger partial charge is 0.417 e. The number of halogens is 3. The van der Waals surface area contributed by atoms with Crippen LogP contribution in [0.3, 0.4) is 0 Å². The summed E-state index contributed by atoms with van der Waals surface area (Å²) in [4.78, 5) is -0.774. The average Bonchev–Trinajstić information content (AvgIpc) is 2.60. The van der Waals surface area contributed by atoms with Crippen molar-refractivity contribution in [1.29, 1.82) is 0 Å². The van der Waals surface area contributed by atoms with Gasteiger partial charge in [-0.1, -0.05) is 42.5 Å². The van der Waals surface area contributed by atoms with Crippen molar-refractivity contribution in [3.63, 3.8) is 0 Å². The van der Waals surface area contributed by atoms with Gasteiger partial charge in [0.25, 0.3) is 0 Å². The standard InChI is InChI=1S/C19H23F3N2O2S/c1-14(15-9-5-4-6-10-15)24-18(2,3)13-23-27(25,26)17-12-8-7-11-16(17)19(20,21)22/h4-12,14,23-24H,13H2,1-3H3. The van der Waals surface area contributed by atoms with E-state index in [1.165, 1.54) is 6.07 Å². The van der Waals surface area contributed by atoms with Crippen molar-refractivity contribution in [2.45, 2.75) is 43.4 Å². The van der Waals surface area contributed by atoms with Crippen LogP contribution < -0.4 is 10.0 Å². The zero-order valence-electron chi connectivity index (χ0n) is 15.3. The molecule has 0 bridgehead atoms. The predicted octanol–water partition coefficient (Wildman–Crippen LogP) is 4.11. The molecule has 0 amide bonds. The van der Waals surface area contributed by atoms with Crippen LogP contribution in [0, 0.1) is 0 Å². The van der Waals surface area contributed by atoms with Gasteiger partial charge in [-0.2, -0.15) is 13.2 Å². The molecule has 4 nitrogen and oxygen atoms in total. The molecular weight excluding hydrogens is 377 g/mol. The molecule has 2 aromatic rings. The normalized spacial score (nSPS) is 14.1. The maximum atomic E-state index is 13.1. The minimum atomic E-state index is -4.75. The molecule has 2 aromatic carbocycles. The molecule has 148 valence electrons. The maximum Gasteiger partial charge on any atom is 0.417 e. The molecule has 8 heteroatoms. The number of alkyl halides is 3. The number of hydrogen-bond acceptors (Lipinski definition) is 3. The summed E-state index contributed by atoms with van der Waals surface area (Å²) >= 11 is 0. The topological polar surface area (TPSA) is 58.2 Å². The van der Waals surface area contributed by atoms with Crippen molar-refractivity contribution >= 4 is 10.0 Å². The highest BCUT2D eigenvalue weighted by atomic mass is 32.2. The van der Waals surface area contributed by atoms with Gasteiger partial charge in [-0.25, -0.2) is 13.1 Å². The van der Waals surface area contributed by atoms with Gasteiger partial charge in [0, 0.05) is 18.1 Å². The predicted molar refractivity (Wildman–Crippen MR) is 98.7 cm³/mol. The van der Waals surface area contributed by atoms with E-state index in [4.69, 9.17) is 0 Å². The van der Waals surface area contributed by atoms with E-state index in [1.54, 1.807) is 13.8 Å². The Morgan fingerprint density at radius 3 is 2.11 bits per heavy atom. The van der Waals surface area contributed by atoms with Crippen LogP contribution in [0.25, 0.3) is 0 Å². The fourth-order valence-electron chi connectivity index (χ4n) is 2.75. The molecule has 1 atom stereocenters. The Bertz CT molecular complexity index is 866. The van der Waals surface area contributed by atoms with E-state index in [0.717, 1.165) is 23.8 Å². The molecular formula is C19H23F3N2O2S. The Hall–Kier alpha value is -1.90. The van der Waals surface area contributed by atoms with Gasteiger partial charge in [0.05, 0.1) is 10.5 Å². The summed E-state index contributed by atoms with van der Waals surface area (Å²) in [5.74, 6) is 0. The minimum Gasteiger partial charge on any atom is -0.304 e. The summed E-state index contributed by atoms with van der Waals surface area (Å²) in [6, 6.07) is 13.7. The zero-order valence-corrected chi connectivity index (χ0v) is 16.2. The SMILES string of the molecule is CC(NC(C)(C)CNS(=O)(=O)c1ccccc1C(F)(F)F)c1ccccc1. The summed E-state index contributed by atoms with van der Waals surface area (Å²) in [7, 11) is -4.32. The molecule has 2 N–H and O–H groups in total. The lowest BCUT2D eigenvalue weighted by atomic mass is 10.0. The first kappa shape index (κ1) is 21.4. The molecule has 0 saturated carbocycles.